The number of nitrogens with one attached hydrogen (secondary N) is 2. The average molecular weight is 435 g/mol. The number of anilines is 2. The second-order valence-electron chi connectivity index (χ2n) is 7.71. The fourth-order valence-electron chi connectivity index (χ4n) is 3.75. The third-order valence-electron chi connectivity index (χ3n) is 5.29. The van der Waals surface area contributed by atoms with Crippen molar-refractivity contribution in [3.8, 4) is 11.6 Å². The number of ether oxygens (including phenoxy) is 1. The summed E-state index contributed by atoms with van der Waals surface area (Å²) in [7, 11) is 1.56. The molecule has 4 rings (SSSR count). The number of aromatic nitrogens is 3. The van der Waals surface area contributed by atoms with Gasteiger partial charge in [-0.2, -0.15) is 5.10 Å². The van der Waals surface area contributed by atoms with Crippen LogP contribution in [0.1, 0.15) is 29.8 Å². The highest BCUT2D eigenvalue weighted by atomic mass is 16.5. The molecule has 1 aliphatic heterocycles. The maximum Gasteiger partial charge on any atom is 0.319 e. The lowest BCUT2D eigenvalue weighted by atomic mass is 10.2. The van der Waals surface area contributed by atoms with Crippen LogP contribution in [0.2, 0.25) is 0 Å². The Morgan fingerprint density at radius 2 is 2.03 bits per heavy atom. The number of amides is 3. The second kappa shape index (κ2) is 9.09. The van der Waals surface area contributed by atoms with E-state index >= 15 is 0 Å². The van der Waals surface area contributed by atoms with Gasteiger partial charge < -0.3 is 20.3 Å². The minimum atomic E-state index is -0.350. The quantitative estimate of drug-likeness (QED) is 0.620. The highest BCUT2D eigenvalue weighted by molar-refractivity contribution is 5.98. The molecule has 9 nitrogen and oxygen atoms in total. The van der Waals surface area contributed by atoms with Gasteiger partial charge in [-0.25, -0.2) is 14.5 Å². The first kappa shape index (κ1) is 21.4. The van der Waals surface area contributed by atoms with Crippen LogP contribution in [0.5, 0.6) is 5.75 Å². The Morgan fingerprint density at radius 1 is 1.19 bits per heavy atom. The molecule has 2 N–H and O–H groups in total. The van der Waals surface area contributed by atoms with Crippen LogP contribution in [-0.2, 0) is 11.3 Å². The van der Waals surface area contributed by atoms with E-state index in [1.807, 2.05) is 32.0 Å². The maximum atomic E-state index is 12.4. The minimum Gasteiger partial charge on any atom is -0.495 e. The molecule has 1 aromatic carbocycles. The van der Waals surface area contributed by atoms with E-state index in [0.29, 0.717) is 36.6 Å². The van der Waals surface area contributed by atoms with Crippen molar-refractivity contribution in [2.75, 3.05) is 23.9 Å². The van der Waals surface area contributed by atoms with Gasteiger partial charge in [0.2, 0.25) is 5.91 Å². The second-order valence-corrected chi connectivity index (χ2v) is 7.71. The Kier molecular flexibility index (Phi) is 6.07. The summed E-state index contributed by atoms with van der Waals surface area (Å²) < 4.78 is 7.17. The number of aryl methyl sites for hydroxylation is 2. The number of carbonyl (C=O) groups excluding carboxylic acids is 2. The fourth-order valence-corrected chi connectivity index (χ4v) is 3.75. The summed E-state index contributed by atoms with van der Waals surface area (Å²) in [6.07, 6.45) is 3.05. The lowest BCUT2D eigenvalue weighted by Gasteiger charge is -2.20. The Hall–Kier alpha value is -3.88. The summed E-state index contributed by atoms with van der Waals surface area (Å²) in [5.41, 5.74) is 4.05. The van der Waals surface area contributed by atoms with E-state index in [9.17, 15) is 9.59 Å². The van der Waals surface area contributed by atoms with Crippen LogP contribution in [0.15, 0.2) is 42.6 Å². The van der Waals surface area contributed by atoms with Crippen LogP contribution in [0.25, 0.3) is 5.82 Å². The highest BCUT2D eigenvalue weighted by Crippen LogP contribution is 2.34. The number of methoxy groups -OCH3 is 1. The summed E-state index contributed by atoms with van der Waals surface area (Å²) >= 11 is 0. The zero-order valence-electron chi connectivity index (χ0n) is 18.4. The molecular formula is C23H26N6O3. The molecule has 0 bridgehead atoms. The SMILES string of the molecule is COc1ccc(NC(=O)NCc2ccc(-n3nc(C)cc3C)nc2)cc1N1CCCC1=O. The smallest absolute Gasteiger partial charge is 0.319 e. The zero-order chi connectivity index (χ0) is 22.7. The zero-order valence-corrected chi connectivity index (χ0v) is 18.4. The van der Waals surface area contributed by atoms with Crippen molar-refractivity contribution in [2.24, 2.45) is 0 Å². The molecule has 3 amide bonds. The number of carbonyl (C=O) groups is 2. The highest BCUT2D eigenvalue weighted by Gasteiger charge is 2.24. The average Bonchev–Trinajstić information content (AvgIpc) is 3.36. The minimum absolute atomic E-state index is 0.0568. The van der Waals surface area contributed by atoms with Crippen molar-refractivity contribution in [1.29, 1.82) is 0 Å². The first-order valence-electron chi connectivity index (χ1n) is 10.5. The van der Waals surface area contributed by atoms with Crippen molar-refractivity contribution in [2.45, 2.75) is 33.2 Å². The van der Waals surface area contributed by atoms with Gasteiger partial charge in [0.05, 0.1) is 18.5 Å². The van der Waals surface area contributed by atoms with Crippen LogP contribution in [0.4, 0.5) is 16.2 Å². The summed E-state index contributed by atoms with van der Waals surface area (Å²) in [5.74, 6) is 1.38. The van der Waals surface area contributed by atoms with E-state index in [2.05, 4.69) is 20.7 Å². The van der Waals surface area contributed by atoms with E-state index in [1.54, 1.807) is 41.1 Å². The first-order chi connectivity index (χ1) is 15.4. The predicted octanol–water partition coefficient (Wildman–Crippen LogP) is 3.34. The lowest BCUT2D eigenvalue weighted by Crippen LogP contribution is -2.28. The molecule has 32 heavy (non-hydrogen) atoms. The van der Waals surface area contributed by atoms with Gasteiger partial charge in [-0.1, -0.05) is 6.07 Å². The van der Waals surface area contributed by atoms with Crippen LogP contribution >= 0.6 is 0 Å². The van der Waals surface area contributed by atoms with Crippen LogP contribution in [-0.4, -0.2) is 40.4 Å². The van der Waals surface area contributed by atoms with Gasteiger partial charge in [0, 0.05) is 37.1 Å². The Balaban J connectivity index is 1.38. The molecule has 0 spiro atoms. The fraction of sp³-hybridized carbons (Fsp3) is 0.304. The largest absolute Gasteiger partial charge is 0.495 e. The van der Waals surface area contributed by atoms with Crippen molar-refractivity contribution in [3.05, 3.63) is 59.5 Å². The Bertz CT molecular complexity index is 1140. The lowest BCUT2D eigenvalue weighted by molar-refractivity contribution is -0.117. The van der Waals surface area contributed by atoms with E-state index in [1.165, 1.54) is 0 Å². The predicted molar refractivity (Wildman–Crippen MR) is 121 cm³/mol. The van der Waals surface area contributed by atoms with Crippen molar-refractivity contribution < 1.29 is 14.3 Å². The molecule has 1 fully saturated rings. The number of benzene rings is 1. The molecule has 0 saturated carbocycles. The summed E-state index contributed by atoms with van der Waals surface area (Å²) in [6, 6.07) is 10.7. The molecule has 3 aromatic rings. The molecule has 1 aliphatic rings. The first-order valence-corrected chi connectivity index (χ1v) is 10.5. The maximum absolute atomic E-state index is 12.4. The summed E-state index contributed by atoms with van der Waals surface area (Å²) in [4.78, 5) is 30.7. The van der Waals surface area contributed by atoms with Gasteiger partial charge in [0.25, 0.3) is 0 Å². The van der Waals surface area contributed by atoms with E-state index < -0.39 is 0 Å². The molecule has 0 radical (unpaired) electrons. The molecule has 9 heteroatoms. The monoisotopic (exact) mass is 434 g/mol. The number of rotatable bonds is 6. The molecule has 0 unspecified atom stereocenters. The van der Waals surface area contributed by atoms with Crippen LogP contribution in [0, 0.1) is 13.8 Å². The van der Waals surface area contributed by atoms with Crippen molar-refractivity contribution >= 4 is 23.3 Å². The molecule has 166 valence electrons. The number of nitrogens with zero attached hydrogens (tertiary/aromatic N) is 4. The number of hydrogen-bond donors (Lipinski definition) is 2. The third kappa shape index (κ3) is 4.56. The molecule has 0 aliphatic carbocycles. The van der Waals surface area contributed by atoms with Gasteiger partial charge in [-0.05, 0) is 56.2 Å². The van der Waals surface area contributed by atoms with Crippen molar-refractivity contribution in [3.63, 3.8) is 0 Å². The van der Waals surface area contributed by atoms with Gasteiger partial charge in [-0.15, -0.1) is 0 Å². The Morgan fingerprint density at radius 3 is 2.66 bits per heavy atom. The number of pyridine rings is 1. The van der Waals surface area contributed by atoms with E-state index in [0.717, 1.165) is 29.2 Å². The molecule has 0 atom stereocenters. The van der Waals surface area contributed by atoms with E-state index in [-0.39, 0.29) is 11.9 Å². The standard InChI is InChI=1S/C23H26N6O3/c1-15-11-16(2)29(27-15)21-9-6-17(13-24-21)14-25-23(31)26-18-7-8-20(32-3)19(12-18)28-10-4-5-22(28)30/h6-9,11-13H,4-5,10,14H2,1-3H3,(H2,25,26,31). The van der Waals surface area contributed by atoms with Crippen LogP contribution in [0.3, 0.4) is 0 Å². The summed E-state index contributed by atoms with van der Waals surface area (Å²) in [5, 5.41) is 10.1. The topological polar surface area (TPSA) is 101 Å². The van der Waals surface area contributed by atoms with Gasteiger partial charge in [0.1, 0.15) is 5.75 Å². The number of urea groups is 1. The normalized spacial score (nSPS) is 13.3. The third-order valence-corrected chi connectivity index (χ3v) is 5.29. The van der Waals surface area contributed by atoms with Gasteiger partial charge in [0.15, 0.2) is 5.82 Å². The Labute approximate surface area is 186 Å². The van der Waals surface area contributed by atoms with Crippen molar-refractivity contribution in [1.82, 2.24) is 20.1 Å². The molecule has 1 saturated heterocycles. The van der Waals surface area contributed by atoms with Gasteiger partial charge >= 0.3 is 6.03 Å². The molecule has 2 aromatic heterocycles. The van der Waals surface area contributed by atoms with E-state index in [4.69, 9.17) is 4.74 Å². The van der Waals surface area contributed by atoms with Crippen LogP contribution < -0.4 is 20.3 Å². The van der Waals surface area contributed by atoms with Gasteiger partial charge in [-0.3, -0.25) is 4.79 Å². The molecule has 3 heterocycles. The summed E-state index contributed by atoms with van der Waals surface area (Å²) in [6.45, 7) is 4.89. The molecular weight excluding hydrogens is 408 g/mol. The number of hydrogen-bond acceptors (Lipinski definition) is 5.